The Morgan fingerprint density at radius 1 is 1.29 bits per heavy atom. The van der Waals surface area contributed by atoms with Gasteiger partial charge in [-0.15, -0.1) is 0 Å². The van der Waals surface area contributed by atoms with Gasteiger partial charge in [-0.25, -0.2) is 4.79 Å². The third-order valence-electron chi connectivity index (χ3n) is 7.27. The SMILES string of the molecule is C=C1CCC2C(C)(C)CCCC2(C)C1CCC(=CC(=O)O)COC(=O)C(C)C. The maximum atomic E-state index is 11.8. The fourth-order valence-corrected chi connectivity index (χ4v) is 5.83. The molecule has 0 saturated heterocycles. The molecule has 0 aromatic carbocycles. The van der Waals surface area contributed by atoms with E-state index in [1.165, 1.54) is 37.3 Å². The Hall–Kier alpha value is -1.58. The highest BCUT2D eigenvalue weighted by molar-refractivity contribution is 5.80. The Balaban J connectivity index is 2.13. The number of carbonyl (C=O) groups excluding carboxylic acids is 1. The van der Waals surface area contributed by atoms with Crippen molar-refractivity contribution in [3.8, 4) is 0 Å². The van der Waals surface area contributed by atoms with Crippen LogP contribution in [0.2, 0.25) is 0 Å². The average molecular weight is 391 g/mol. The van der Waals surface area contributed by atoms with E-state index in [2.05, 4.69) is 27.4 Å². The highest BCUT2D eigenvalue weighted by atomic mass is 16.5. The summed E-state index contributed by atoms with van der Waals surface area (Å²) < 4.78 is 5.31. The molecule has 2 saturated carbocycles. The molecule has 0 amide bonds. The maximum Gasteiger partial charge on any atom is 0.328 e. The topological polar surface area (TPSA) is 63.6 Å². The lowest BCUT2D eigenvalue weighted by Gasteiger charge is -2.58. The third-order valence-corrected chi connectivity index (χ3v) is 7.27. The first-order chi connectivity index (χ1) is 13.0. The fraction of sp³-hybridized carbons (Fsp3) is 0.750. The van der Waals surface area contributed by atoms with Gasteiger partial charge >= 0.3 is 11.9 Å². The van der Waals surface area contributed by atoms with Crippen molar-refractivity contribution in [2.45, 2.75) is 79.6 Å². The summed E-state index contributed by atoms with van der Waals surface area (Å²) in [5.74, 6) is -0.424. The zero-order valence-corrected chi connectivity index (χ0v) is 18.3. The number of esters is 1. The number of hydrogen-bond donors (Lipinski definition) is 1. The van der Waals surface area contributed by atoms with Gasteiger partial charge in [-0.05, 0) is 66.8 Å². The van der Waals surface area contributed by atoms with Crippen molar-refractivity contribution in [1.82, 2.24) is 0 Å². The number of carboxylic acids is 1. The third kappa shape index (κ3) is 5.07. The van der Waals surface area contributed by atoms with E-state index in [0.717, 1.165) is 12.8 Å². The van der Waals surface area contributed by atoms with E-state index in [4.69, 9.17) is 4.74 Å². The molecule has 0 bridgehead atoms. The highest BCUT2D eigenvalue weighted by Gasteiger charge is 2.52. The monoisotopic (exact) mass is 390 g/mol. The second-order valence-electron chi connectivity index (χ2n) is 10.1. The van der Waals surface area contributed by atoms with Crippen LogP contribution >= 0.6 is 0 Å². The van der Waals surface area contributed by atoms with Crippen molar-refractivity contribution >= 4 is 11.9 Å². The predicted molar refractivity (Wildman–Crippen MR) is 112 cm³/mol. The molecule has 3 atom stereocenters. The number of rotatable bonds is 7. The lowest BCUT2D eigenvalue weighted by molar-refractivity contribution is -0.146. The van der Waals surface area contributed by atoms with Crippen LogP contribution < -0.4 is 0 Å². The van der Waals surface area contributed by atoms with Crippen molar-refractivity contribution in [1.29, 1.82) is 0 Å². The van der Waals surface area contributed by atoms with Crippen LogP contribution in [0.4, 0.5) is 0 Å². The van der Waals surface area contributed by atoms with E-state index in [-0.39, 0.29) is 23.9 Å². The minimum absolute atomic E-state index is 0.0636. The molecule has 0 aliphatic heterocycles. The Labute approximate surface area is 170 Å². The van der Waals surface area contributed by atoms with Crippen molar-refractivity contribution in [2.24, 2.45) is 28.6 Å². The summed E-state index contributed by atoms with van der Waals surface area (Å²) in [6, 6.07) is 0. The normalized spacial score (nSPS) is 30.1. The minimum atomic E-state index is -0.985. The second-order valence-corrected chi connectivity index (χ2v) is 10.1. The molecule has 2 aliphatic carbocycles. The zero-order chi connectivity index (χ0) is 21.1. The first-order valence-electron chi connectivity index (χ1n) is 10.7. The number of fused-ring (bicyclic) bond motifs is 1. The Morgan fingerprint density at radius 2 is 1.96 bits per heavy atom. The molecule has 0 aromatic heterocycles. The number of hydrogen-bond acceptors (Lipinski definition) is 3. The number of carbonyl (C=O) groups is 2. The van der Waals surface area contributed by atoms with E-state index in [1.54, 1.807) is 13.8 Å². The summed E-state index contributed by atoms with van der Waals surface area (Å²) in [5, 5.41) is 9.22. The largest absolute Gasteiger partial charge is 0.478 e. The van der Waals surface area contributed by atoms with E-state index >= 15 is 0 Å². The molecule has 2 aliphatic rings. The first-order valence-corrected chi connectivity index (χ1v) is 10.7. The van der Waals surface area contributed by atoms with Crippen LogP contribution in [0.1, 0.15) is 79.6 Å². The molecule has 0 spiro atoms. The molecule has 0 radical (unpaired) electrons. The number of allylic oxidation sites excluding steroid dienone is 1. The second kappa shape index (κ2) is 8.84. The van der Waals surface area contributed by atoms with E-state index in [9.17, 15) is 14.7 Å². The summed E-state index contributed by atoms with van der Waals surface area (Å²) in [5.41, 5.74) is 2.55. The minimum Gasteiger partial charge on any atom is -0.478 e. The van der Waals surface area contributed by atoms with Crippen molar-refractivity contribution < 1.29 is 19.4 Å². The molecule has 4 nitrogen and oxygen atoms in total. The Morgan fingerprint density at radius 3 is 2.57 bits per heavy atom. The van der Waals surface area contributed by atoms with Crippen molar-refractivity contribution in [3.05, 3.63) is 23.8 Å². The van der Waals surface area contributed by atoms with Crippen LogP contribution in [0, 0.1) is 28.6 Å². The van der Waals surface area contributed by atoms with Gasteiger partial charge in [0.05, 0.1) is 5.92 Å². The van der Waals surface area contributed by atoms with Gasteiger partial charge < -0.3 is 9.84 Å². The lowest BCUT2D eigenvalue weighted by atomic mass is 9.47. The molecular formula is C24H38O4. The van der Waals surface area contributed by atoms with Crippen LogP contribution in [-0.4, -0.2) is 23.7 Å². The number of aliphatic carboxylic acids is 1. The first kappa shape index (κ1) is 22.7. The van der Waals surface area contributed by atoms with Gasteiger partial charge in [0.15, 0.2) is 0 Å². The summed E-state index contributed by atoms with van der Waals surface area (Å²) in [6.45, 7) is 15.2. The molecule has 2 rings (SSSR count). The average Bonchev–Trinajstić information content (AvgIpc) is 2.56. The molecule has 1 N–H and O–H groups in total. The molecule has 28 heavy (non-hydrogen) atoms. The van der Waals surface area contributed by atoms with E-state index in [1.807, 2.05) is 0 Å². The standard InChI is InChI=1S/C24H38O4/c1-16(2)22(27)28-15-18(14-21(25)26)9-10-19-17(3)8-11-20-23(4,5)12-7-13-24(19,20)6/h14,16,19-20H,3,7-13,15H2,1-2,4-6H3,(H,25,26). The molecular weight excluding hydrogens is 352 g/mol. The van der Waals surface area contributed by atoms with Gasteiger partial charge in [0.2, 0.25) is 0 Å². The lowest BCUT2D eigenvalue weighted by Crippen LogP contribution is -2.49. The van der Waals surface area contributed by atoms with Gasteiger partial charge in [0.1, 0.15) is 6.61 Å². The molecule has 0 heterocycles. The van der Waals surface area contributed by atoms with Gasteiger partial charge in [0, 0.05) is 6.08 Å². The highest BCUT2D eigenvalue weighted by Crippen LogP contribution is 2.61. The van der Waals surface area contributed by atoms with Gasteiger partial charge in [-0.1, -0.05) is 53.2 Å². The zero-order valence-electron chi connectivity index (χ0n) is 18.3. The summed E-state index contributed by atoms with van der Waals surface area (Å²) >= 11 is 0. The van der Waals surface area contributed by atoms with E-state index in [0.29, 0.717) is 29.2 Å². The number of carboxylic acid groups (broad SMARTS) is 1. The Kier molecular flexibility index (Phi) is 7.17. The van der Waals surface area contributed by atoms with Crippen molar-refractivity contribution in [2.75, 3.05) is 6.61 Å². The predicted octanol–water partition coefficient (Wildman–Crippen LogP) is 5.78. The number of ether oxygens (including phenoxy) is 1. The molecule has 158 valence electrons. The Bertz CT molecular complexity index is 643. The van der Waals surface area contributed by atoms with Crippen LogP contribution in [0.3, 0.4) is 0 Å². The summed E-state index contributed by atoms with van der Waals surface area (Å²) in [7, 11) is 0. The van der Waals surface area contributed by atoms with Crippen LogP contribution in [0.5, 0.6) is 0 Å². The van der Waals surface area contributed by atoms with Crippen LogP contribution in [0.25, 0.3) is 0 Å². The maximum absolute atomic E-state index is 11.8. The summed E-state index contributed by atoms with van der Waals surface area (Å²) in [4.78, 5) is 23.0. The van der Waals surface area contributed by atoms with Gasteiger partial charge in [-0.3, -0.25) is 4.79 Å². The molecule has 2 fully saturated rings. The van der Waals surface area contributed by atoms with Crippen LogP contribution in [-0.2, 0) is 14.3 Å². The quantitative estimate of drug-likeness (QED) is 0.340. The van der Waals surface area contributed by atoms with Gasteiger partial charge in [0.25, 0.3) is 0 Å². The van der Waals surface area contributed by atoms with Gasteiger partial charge in [-0.2, -0.15) is 0 Å². The molecule has 0 aromatic rings. The van der Waals surface area contributed by atoms with Crippen LogP contribution in [0.15, 0.2) is 23.8 Å². The molecule has 3 unspecified atom stereocenters. The fourth-order valence-electron chi connectivity index (χ4n) is 5.83. The van der Waals surface area contributed by atoms with E-state index < -0.39 is 5.97 Å². The van der Waals surface area contributed by atoms with Crippen molar-refractivity contribution in [3.63, 3.8) is 0 Å². The molecule has 4 heteroatoms. The smallest absolute Gasteiger partial charge is 0.328 e. The summed E-state index contributed by atoms with van der Waals surface area (Å²) in [6.07, 6.45) is 8.73.